The number of fused-ring (bicyclic) bond motifs is 1. The minimum Gasteiger partial charge on any atom is -0.436 e. The monoisotopic (exact) mass is 449 g/mol. The van der Waals surface area contributed by atoms with Crippen LogP contribution in [0.4, 0.5) is 5.69 Å². The van der Waals surface area contributed by atoms with E-state index in [1.165, 1.54) is 0 Å². The van der Waals surface area contributed by atoms with Crippen LogP contribution in [0.3, 0.4) is 0 Å². The van der Waals surface area contributed by atoms with Crippen molar-refractivity contribution >= 4 is 51.6 Å². The molecule has 2 N–H and O–H groups in total. The van der Waals surface area contributed by atoms with Gasteiger partial charge in [-0.15, -0.1) is 0 Å². The maximum atomic E-state index is 12.6. The molecular formula is C24H20ClN3O2S. The number of carbonyl (C=O) groups excluding carboxylic acids is 1. The second-order valence-corrected chi connectivity index (χ2v) is 8.29. The van der Waals surface area contributed by atoms with Crippen LogP contribution < -0.4 is 10.6 Å². The number of hydrogen-bond acceptors (Lipinski definition) is 4. The van der Waals surface area contributed by atoms with E-state index in [0.717, 1.165) is 27.9 Å². The summed E-state index contributed by atoms with van der Waals surface area (Å²) in [4.78, 5) is 17.1. The van der Waals surface area contributed by atoms with Crippen molar-refractivity contribution in [2.24, 2.45) is 0 Å². The van der Waals surface area contributed by atoms with Gasteiger partial charge in [0.05, 0.1) is 0 Å². The topological polar surface area (TPSA) is 67.2 Å². The molecule has 0 aliphatic carbocycles. The van der Waals surface area contributed by atoms with Crippen molar-refractivity contribution in [1.82, 2.24) is 10.3 Å². The van der Waals surface area contributed by atoms with Crippen LogP contribution >= 0.6 is 23.8 Å². The third kappa shape index (κ3) is 4.76. The first-order valence-electron chi connectivity index (χ1n) is 9.66. The molecule has 0 spiro atoms. The lowest BCUT2D eigenvalue weighted by atomic mass is 10.1. The molecule has 0 fully saturated rings. The van der Waals surface area contributed by atoms with Crippen LogP contribution in [-0.4, -0.2) is 16.0 Å². The number of anilines is 1. The lowest BCUT2D eigenvalue weighted by Gasteiger charge is -2.13. The Bertz CT molecular complexity index is 1310. The third-order valence-corrected chi connectivity index (χ3v) is 5.23. The van der Waals surface area contributed by atoms with Gasteiger partial charge in [0.25, 0.3) is 5.91 Å². The molecule has 7 heteroatoms. The zero-order chi connectivity index (χ0) is 22.1. The van der Waals surface area contributed by atoms with Crippen molar-refractivity contribution in [3.05, 3.63) is 81.9 Å². The zero-order valence-electron chi connectivity index (χ0n) is 17.2. The number of oxazole rings is 1. The molecule has 0 bridgehead atoms. The number of aryl methyl sites for hydroxylation is 3. The van der Waals surface area contributed by atoms with Crippen molar-refractivity contribution in [3.63, 3.8) is 0 Å². The Kier molecular flexibility index (Phi) is 5.76. The minimum absolute atomic E-state index is 0.216. The molecule has 0 saturated carbocycles. The van der Waals surface area contributed by atoms with Crippen molar-refractivity contribution in [2.75, 3.05) is 5.32 Å². The van der Waals surface area contributed by atoms with Crippen molar-refractivity contribution in [2.45, 2.75) is 20.8 Å². The quantitative estimate of drug-likeness (QED) is 0.364. The molecule has 5 nitrogen and oxygen atoms in total. The van der Waals surface area contributed by atoms with Crippen LogP contribution in [0, 0.1) is 20.8 Å². The molecule has 4 aromatic rings. The maximum Gasteiger partial charge on any atom is 0.257 e. The smallest absolute Gasteiger partial charge is 0.257 e. The van der Waals surface area contributed by atoms with Gasteiger partial charge in [0, 0.05) is 21.8 Å². The van der Waals surface area contributed by atoms with Crippen LogP contribution in [0.15, 0.2) is 59.0 Å². The number of amides is 1. The minimum atomic E-state index is -0.256. The number of benzene rings is 3. The molecule has 0 aliphatic heterocycles. The molecular weight excluding hydrogens is 430 g/mol. The molecule has 0 saturated heterocycles. The molecule has 4 rings (SSSR count). The Labute approximate surface area is 190 Å². The first kappa shape index (κ1) is 21.0. The number of aromatic nitrogens is 1. The number of hydrogen-bond donors (Lipinski definition) is 2. The van der Waals surface area contributed by atoms with Crippen LogP contribution in [0.5, 0.6) is 0 Å². The normalized spacial score (nSPS) is 10.8. The number of thiocarbonyl (C=S) groups is 1. The number of rotatable bonds is 3. The van der Waals surface area contributed by atoms with E-state index in [1.807, 2.05) is 57.2 Å². The Hall–Kier alpha value is -3.22. The Morgan fingerprint density at radius 1 is 1.00 bits per heavy atom. The van der Waals surface area contributed by atoms with E-state index in [-0.39, 0.29) is 11.0 Å². The van der Waals surface area contributed by atoms with E-state index in [0.29, 0.717) is 27.6 Å². The van der Waals surface area contributed by atoms with Gasteiger partial charge in [0.2, 0.25) is 5.89 Å². The van der Waals surface area contributed by atoms with Crippen molar-refractivity contribution < 1.29 is 9.21 Å². The fourth-order valence-corrected chi connectivity index (χ4v) is 3.72. The second kappa shape index (κ2) is 8.49. The summed E-state index contributed by atoms with van der Waals surface area (Å²) in [5.41, 5.74) is 6.45. The second-order valence-electron chi connectivity index (χ2n) is 7.45. The molecule has 1 amide bonds. The summed E-state index contributed by atoms with van der Waals surface area (Å²) in [7, 11) is 0. The van der Waals surface area contributed by atoms with E-state index >= 15 is 0 Å². The Balaban J connectivity index is 1.54. The van der Waals surface area contributed by atoms with Crippen molar-refractivity contribution in [3.8, 4) is 11.5 Å². The summed E-state index contributed by atoms with van der Waals surface area (Å²) < 4.78 is 5.85. The molecule has 0 radical (unpaired) electrons. The van der Waals surface area contributed by atoms with Gasteiger partial charge in [-0.3, -0.25) is 10.1 Å². The summed E-state index contributed by atoms with van der Waals surface area (Å²) in [6, 6.07) is 16.7. The van der Waals surface area contributed by atoms with Crippen LogP contribution in [0.25, 0.3) is 22.6 Å². The van der Waals surface area contributed by atoms with Gasteiger partial charge in [-0.05, 0) is 81.0 Å². The summed E-state index contributed by atoms with van der Waals surface area (Å²) in [5, 5.41) is 6.66. The van der Waals surface area contributed by atoms with Gasteiger partial charge in [-0.1, -0.05) is 34.9 Å². The molecule has 3 aromatic carbocycles. The lowest BCUT2D eigenvalue weighted by molar-refractivity contribution is 0.0977. The molecule has 1 aromatic heterocycles. The predicted octanol–water partition coefficient (Wildman–Crippen LogP) is 6.20. The summed E-state index contributed by atoms with van der Waals surface area (Å²) in [6.45, 7) is 5.86. The van der Waals surface area contributed by atoms with E-state index in [1.54, 1.807) is 18.2 Å². The molecule has 31 heavy (non-hydrogen) atoms. The fraction of sp³-hybridized carbons (Fsp3) is 0.125. The Morgan fingerprint density at radius 3 is 2.48 bits per heavy atom. The number of nitrogens with one attached hydrogen (secondary N) is 2. The van der Waals surface area contributed by atoms with Crippen LogP contribution in [0.1, 0.15) is 27.0 Å². The van der Waals surface area contributed by atoms with E-state index in [9.17, 15) is 4.79 Å². The highest BCUT2D eigenvalue weighted by Gasteiger charge is 2.13. The largest absolute Gasteiger partial charge is 0.436 e. The molecule has 1 heterocycles. The van der Waals surface area contributed by atoms with Gasteiger partial charge < -0.3 is 9.73 Å². The van der Waals surface area contributed by atoms with Gasteiger partial charge in [0.15, 0.2) is 10.7 Å². The predicted molar refractivity (Wildman–Crippen MR) is 129 cm³/mol. The molecule has 0 atom stereocenters. The van der Waals surface area contributed by atoms with Gasteiger partial charge in [-0.25, -0.2) is 4.98 Å². The van der Waals surface area contributed by atoms with E-state index in [2.05, 4.69) is 15.6 Å². The zero-order valence-corrected chi connectivity index (χ0v) is 18.8. The van der Waals surface area contributed by atoms with Crippen molar-refractivity contribution in [1.29, 1.82) is 0 Å². The fourth-order valence-electron chi connectivity index (χ4n) is 3.35. The van der Waals surface area contributed by atoms with Gasteiger partial charge in [0.1, 0.15) is 5.52 Å². The molecule has 0 unspecified atom stereocenters. The Morgan fingerprint density at radius 2 is 1.74 bits per heavy atom. The maximum absolute atomic E-state index is 12.6. The third-order valence-electron chi connectivity index (χ3n) is 4.79. The first-order valence-corrected chi connectivity index (χ1v) is 10.4. The highest BCUT2D eigenvalue weighted by atomic mass is 35.5. The highest BCUT2D eigenvalue weighted by molar-refractivity contribution is 7.80. The summed E-state index contributed by atoms with van der Waals surface area (Å²) in [5.74, 6) is 0.222. The van der Waals surface area contributed by atoms with Gasteiger partial charge in [-0.2, -0.15) is 0 Å². The molecule has 156 valence electrons. The number of halogens is 1. The van der Waals surface area contributed by atoms with Crippen LogP contribution in [-0.2, 0) is 0 Å². The van der Waals surface area contributed by atoms with Gasteiger partial charge >= 0.3 is 0 Å². The number of carbonyl (C=O) groups is 1. The van der Waals surface area contributed by atoms with E-state index < -0.39 is 0 Å². The summed E-state index contributed by atoms with van der Waals surface area (Å²) >= 11 is 11.4. The average Bonchev–Trinajstić information content (AvgIpc) is 3.12. The standard InChI is InChI=1S/C24H20ClN3O2S/c1-13-8-14(2)10-17(9-13)22(29)28-24(31)27-19-11-16(5-4-15(19)3)23-26-20-12-18(25)6-7-21(20)30-23/h4-12H,1-3H3,(H2,27,28,29,31). The van der Waals surface area contributed by atoms with Crippen LogP contribution in [0.2, 0.25) is 5.02 Å². The first-order chi connectivity index (χ1) is 14.8. The van der Waals surface area contributed by atoms with E-state index in [4.69, 9.17) is 28.2 Å². The highest BCUT2D eigenvalue weighted by Crippen LogP contribution is 2.29. The SMILES string of the molecule is Cc1cc(C)cc(C(=O)NC(=S)Nc2cc(-c3nc4cc(Cl)ccc4o3)ccc2C)c1. The average molecular weight is 450 g/mol. The number of nitrogens with zero attached hydrogens (tertiary/aromatic N) is 1. The lowest BCUT2D eigenvalue weighted by Crippen LogP contribution is -2.34. The summed E-state index contributed by atoms with van der Waals surface area (Å²) in [6.07, 6.45) is 0. The molecule has 0 aliphatic rings.